The zero-order valence-electron chi connectivity index (χ0n) is 14.5. The molecule has 1 heterocycles. The van der Waals surface area contributed by atoms with E-state index in [0.29, 0.717) is 4.90 Å². The number of sulfonamides is 1. The van der Waals surface area contributed by atoms with Gasteiger partial charge in [0.25, 0.3) is 0 Å². The SMILES string of the molecule is CN1CCc2cc(S(=O)(=O)N[Si](C)(C)C(C)(C)C)ccc2C1. The van der Waals surface area contributed by atoms with Gasteiger partial charge in [0.05, 0.1) is 4.90 Å². The number of benzene rings is 1. The lowest BCUT2D eigenvalue weighted by molar-refractivity contribution is 0.312. The molecule has 6 heteroatoms. The Morgan fingerprint density at radius 1 is 1.18 bits per heavy atom. The van der Waals surface area contributed by atoms with Crippen molar-refractivity contribution in [2.45, 2.75) is 56.8 Å². The molecule has 0 radical (unpaired) electrons. The van der Waals surface area contributed by atoms with E-state index in [-0.39, 0.29) is 5.04 Å². The molecule has 1 aliphatic heterocycles. The first-order valence-corrected chi connectivity index (χ1v) is 12.2. The van der Waals surface area contributed by atoms with Gasteiger partial charge in [0.15, 0.2) is 0 Å². The van der Waals surface area contributed by atoms with E-state index in [0.717, 1.165) is 25.1 Å². The van der Waals surface area contributed by atoms with E-state index < -0.39 is 18.3 Å². The van der Waals surface area contributed by atoms with Gasteiger partial charge in [-0.05, 0) is 41.8 Å². The second kappa shape index (κ2) is 5.74. The number of nitrogens with one attached hydrogen (secondary N) is 1. The predicted octanol–water partition coefficient (Wildman–Crippen LogP) is 2.96. The van der Waals surface area contributed by atoms with Crippen LogP contribution in [0.5, 0.6) is 0 Å². The van der Waals surface area contributed by atoms with Crippen LogP contribution in [0.4, 0.5) is 0 Å². The first-order chi connectivity index (χ1) is 9.92. The van der Waals surface area contributed by atoms with E-state index in [9.17, 15) is 8.42 Å². The van der Waals surface area contributed by atoms with Gasteiger partial charge in [0, 0.05) is 13.1 Å². The highest BCUT2D eigenvalue weighted by atomic mass is 32.2. The first kappa shape index (κ1) is 17.7. The van der Waals surface area contributed by atoms with E-state index >= 15 is 0 Å². The normalized spacial score (nSPS) is 17.4. The molecule has 0 aliphatic carbocycles. The fourth-order valence-electron chi connectivity index (χ4n) is 2.39. The summed E-state index contributed by atoms with van der Waals surface area (Å²) in [4.78, 5) is 2.66. The average Bonchev–Trinajstić information content (AvgIpc) is 2.35. The summed E-state index contributed by atoms with van der Waals surface area (Å²) in [5, 5.41) is -0.0308. The predicted molar refractivity (Wildman–Crippen MR) is 94.0 cm³/mol. The Morgan fingerprint density at radius 3 is 2.41 bits per heavy atom. The van der Waals surface area contributed by atoms with Crippen molar-refractivity contribution in [3.05, 3.63) is 29.3 Å². The molecule has 4 nitrogen and oxygen atoms in total. The lowest BCUT2D eigenvalue weighted by Gasteiger charge is -2.36. The molecule has 0 unspecified atom stereocenters. The van der Waals surface area contributed by atoms with Crippen LogP contribution in [0, 0.1) is 0 Å². The molecule has 1 N–H and O–H groups in total. The maximum absolute atomic E-state index is 12.8. The summed E-state index contributed by atoms with van der Waals surface area (Å²) in [5.74, 6) is 0. The lowest BCUT2D eigenvalue weighted by atomic mass is 10.0. The van der Waals surface area contributed by atoms with Gasteiger partial charge in [-0.15, -0.1) is 0 Å². The van der Waals surface area contributed by atoms with Crippen molar-refractivity contribution in [1.82, 2.24) is 9.29 Å². The third-order valence-electron chi connectivity index (χ3n) is 4.96. The van der Waals surface area contributed by atoms with Gasteiger partial charge in [0.2, 0.25) is 10.0 Å². The number of hydrogen-bond donors (Lipinski definition) is 1. The molecule has 22 heavy (non-hydrogen) atoms. The fourth-order valence-corrected chi connectivity index (χ4v) is 7.31. The van der Waals surface area contributed by atoms with Crippen molar-refractivity contribution >= 4 is 18.3 Å². The van der Waals surface area contributed by atoms with Gasteiger partial charge in [-0.1, -0.05) is 39.9 Å². The zero-order chi connectivity index (χ0) is 16.8. The third-order valence-corrected chi connectivity index (χ3v) is 12.7. The zero-order valence-corrected chi connectivity index (χ0v) is 16.3. The molecular formula is C16H28N2O2SSi. The Balaban J connectivity index is 2.31. The summed E-state index contributed by atoms with van der Waals surface area (Å²) < 4.78 is 28.5. The van der Waals surface area contributed by atoms with E-state index in [1.165, 1.54) is 5.56 Å². The topological polar surface area (TPSA) is 49.4 Å². The van der Waals surface area contributed by atoms with Crippen LogP contribution >= 0.6 is 0 Å². The summed E-state index contributed by atoms with van der Waals surface area (Å²) in [6.07, 6.45) is 0.912. The maximum Gasteiger partial charge on any atom is 0.234 e. The fraction of sp³-hybridized carbons (Fsp3) is 0.625. The van der Waals surface area contributed by atoms with Crippen LogP contribution in [0.3, 0.4) is 0 Å². The van der Waals surface area contributed by atoms with Crippen molar-refractivity contribution in [2.75, 3.05) is 13.6 Å². The quantitative estimate of drug-likeness (QED) is 0.861. The highest BCUT2D eigenvalue weighted by Crippen LogP contribution is 2.35. The Morgan fingerprint density at radius 2 is 1.82 bits per heavy atom. The molecule has 1 aliphatic rings. The molecule has 0 amide bonds. The summed E-state index contributed by atoms with van der Waals surface area (Å²) in [6, 6.07) is 5.57. The monoisotopic (exact) mass is 340 g/mol. The van der Waals surface area contributed by atoms with Crippen LogP contribution in [0.1, 0.15) is 31.9 Å². The van der Waals surface area contributed by atoms with E-state index in [1.807, 2.05) is 12.1 Å². The molecule has 124 valence electrons. The number of likely N-dealkylation sites (N-methyl/N-ethyl adjacent to an activating group) is 1. The Bertz CT molecular complexity index is 663. The lowest BCUT2D eigenvalue weighted by Crippen LogP contribution is -2.54. The van der Waals surface area contributed by atoms with Crippen LogP contribution in [0.15, 0.2) is 23.1 Å². The second-order valence-electron chi connectivity index (χ2n) is 7.90. The van der Waals surface area contributed by atoms with Gasteiger partial charge in [-0.3, -0.25) is 0 Å². The largest absolute Gasteiger partial charge is 0.302 e. The van der Waals surface area contributed by atoms with Crippen LogP contribution in [-0.4, -0.2) is 35.1 Å². The minimum absolute atomic E-state index is 0.0308. The van der Waals surface area contributed by atoms with Crippen LogP contribution < -0.4 is 4.39 Å². The van der Waals surface area contributed by atoms with Crippen LogP contribution in [-0.2, 0) is 23.0 Å². The third kappa shape index (κ3) is 3.62. The first-order valence-electron chi connectivity index (χ1n) is 7.77. The standard InChI is InChI=1S/C16H28N2O2SSi/c1-16(2,3)22(5,6)17-21(19,20)15-8-7-14-12-18(4)10-9-13(14)11-15/h7-8,11,17H,9-10,12H2,1-6H3. The Labute approximate surface area is 136 Å². The van der Waals surface area contributed by atoms with Crippen molar-refractivity contribution in [1.29, 1.82) is 0 Å². The van der Waals surface area contributed by atoms with E-state index in [4.69, 9.17) is 0 Å². The summed E-state index contributed by atoms with van der Waals surface area (Å²) >= 11 is 0. The van der Waals surface area contributed by atoms with E-state index in [1.54, 1.807) is 6.07 Å². The maximum atomic E-state index is 12.8. The molecular weight excluding hydrogens is 312 g/mol. The number of rotatable bonds is 3. The second-order valence-corrected chi connectivity index (χ2v) is 14.9. The number of fused-ring (bicyclic) bond motifs is 1. The molecule has 0 saturated carbocycles. The summed E-state index contributed by atoms with van der Waals surface area (Å²) in [6.45, 7) is 12.3. The van der Waals surface area contributed by atoms with Gasteiger partial charge >= 0.3 is 0 Å². The molecule has 0 fully saturated rings. The average molecular weight is 341 g/mol. The van der Waals surface area contributed by atoms with Crippen molar-refractivity contribution in [3.8, 4) is 0 Å². The summed E-state index contributed by atoms with van der Waals surface area (Å²) in [5.41, 5.74) is 2.40. The molecule has 1 aromatic carbocycles. The smallest absolute Gasteiger partial charge is 0.234 e. The molecule has 0 aromatic heterocycles. The highest BCUT2D eigenvalue weighted by molar-refractivity contribution is 7.91. The number of nitrogens with zero attached hydrogens (tertiary/aromatic N) is 1. The minimum Gasteiger partial charge on any atom is -0.302 e. The van der Waals surface area contributed by atoms with Gasteiger partial charge < -0.3 is 4.90 Å². The van der Waals surface area contributed by atoms with Crippen molar-refractivity contribution in [3.63, 3.8) is 0 Å². The van der Waals surface area contributed by atoms with Crippen molar-refractivity contribution < 1.29 is 8.42 Å². The van der Waals surface area contributed by atoms with E-state index in [2.05, 4.69) is 50.2 Å². The van der Waals surface area contributed by atoms with Crippen molar-refractivity contribution in [2.24, 2.45) is 0 Å². The molecule has 1 aromatic rings. The van der Waals surface area contributed by atoms with Crippen LogP contribution in [0.2, 0.25) is 18.1 Å². The molecule has 0 spiro atoms. The molecule has 0 bridgehead atoms. The molecule has 0 saturated heterocycles. The molecule has 2 rings (SSSR count). The van der Waals surface area contributed by atoms with Gasteiger partial charge in [-0.2, -0.15) is 0 Å². The summed E-state index contributed by atoms with van der Waals surface area (Å²) in [7, 11) is -3.48. The number of hydrogen-bond acceptors (Lipinski definition) is 3. The Kier molecular flexibility index (Phi) is 4.61. The van der Waals surface area contributed by atoms with Gasteiger partial charge in [0.1, 0.15) is 8.24 Å². The highest BCUT2D eigenvalue weighted by Gasteiger charge is 2.39. The Hall–Kier alpha value is -0.693. The molecule has 0 atom stereocenters. The minimum atomic E-state index is -3.45. The van der Waals surface area contributed by atoms with Gasteiger partial charge in [-0.25, -0.2) is 12.8 Å². The van der Waals surface area contributed by atoms with Crippen LogP contribution in [0.25, 0.3) is 0 Å².